The molecule has 3 rings (SSSR count). The van der Waals surface area contributed by atoms with Crippen molar-refractivity contribution in [1.29, 1.82) is 0 Å². The van der Waals surface area contributed by atoms with E-state index in [1.54, 1.807) is 18.4 Å². The number of amides is 3. The highest BCUT2D eigenvalue weighted by molar-refractivity contribution is 7.13. The fraction of sp³-hybridized carbons (Fsp3) is 0.312. The maximum atomic E-state index is 12.8. The highest BCUT2D eigenvalue weighted by Gasteiger charge is 2.37. The van der Waals surface area contributed by atoms with Crippen molar-refractivity contribution in [2.75, 3.05) is 12.3 Å². The Morgan fingerprint density at radius 2 is 2.26 bits per heavy atom. The number of rotatable bonds is 5. The van der Waals surface area contributed by atoms with Gasteiger partial charge in [-0.2, -0.15) is 0 Å². The second-order valence-corrected chi connectivity index (χ2v) is 6.87. The van der Waals surface area contributed by atoms with Crippen molar-refractivity contribution < 1.29 is 19.3 Å². The van der Waals surface area contributed by atoms with Gasteiger partial charge in [-0.1, -0.05) is 18.2 Å². The molecular formula is C16H20BN5O4S. The van der Waals surface area contributed by atoms with Gasteiger partial charge in [-0.15, -0.1) is 11.3 Å². The van der Waals surface area contributed by atoms with Gasteiger partial charge in [0.2, 0.25) is 5.91 Å². The van der Waals surface area contributed by atoms with E-state index in [9.17, 15) is 14.6 Å². The zero-order valence-corrected chi connectivity index (χ0v) is 15.5. The monoisotopic (exact) mass is 389 g/mol. The number of urea groups is 1. The molecule has 1 aromatic carbocycles. The first kappa shape index (κ1) is 19.0. The molecule has 2 heterocycles. The van der Waals surface area contributed by atoms with Crippen LogP contribution in [0, 0.1) is 0 Å². The van der Waals surface area contributed by atoms with Crippen molar-refractivity contribution in [3.63, 3.8) is 0 Å². The number of thiazole rings is 1. The van der Waals surface area contributed by atoms with Crippen molar-refractivity contribution in [3.8, 4) is 5.75 Å². The molecule has 0 fully saturated rings. The number of carbonyl (C=O) groups excluding carboxylic acids is 2. The van der Waals surface area contributed by atoms with Crippen molar-refractivity contribution >= 4 is 35.5 Å². The van der Waals surface area contributed by atoms with Crippen LogP contribution in [-0.4, -0.2) is 41.6 Å². The summed E-state index contributed by atoms with van der Waals surface area (Å²) in [5.41, 5.74) is 6.85. The number of nitrogens with two attached hydrogens (primary N) is 1. The predicted octanol–water partition coefficient (Wildman–Crippen LogP) is 0.225. The number of nitrogens with zero attached hydrogens (tertiary/aromatic N) is 1. The number of nitrogens with one attached hydrogen (secondary N) is 3. The van der Waals surface area contributed by atoms with Crippen molar-refractivity contribution in [2.24, 2.45) is 0 Å². The van der Waals surface area contributed by atoms with E-state index in [-0.39, 0.29) is 5.13 Å². The van der Waals surface area contributed by atoms with E-state index in [0.29, 0.717) is 24.4 Å². The highest BCUT2D eigenvalue weighted by Crippen LogP contribution is 2.26. The third-order valence-electron chi connectivity index (χ3n) is 4.04. The zero-order valence-electron chi connectivity index (χ0n) is 14.6. The lowest BCUT2D eigenvalue weighted by atomic mass is 9.72. The Morgan fingerprint density at radius 3 is 2.96 bits per heavy atom. The maximum absolute atomic E-state index is 12.8. The number of aromatic nitrogens is 1. The Bertz CT molecular complexity index is 833. The molecule has 1 aromatic heterocycles. The molecule has 0 bridgehead atoms. The molecule has 0 saturated carbocycles. The van der Waals surface area contributed by atoms with Crippen LogP contribution in [0.15, 0.2) is 29.6 Å². The van der Waals surface area contributed by atoms with Crippen molar-refractivity contribution in [2.45, 2.75) is 25.3 Å². The van der Waals surface area contributed by atoms with Gasteiger partial charge in [0, 0.05) is 11.9 Å². The lowest BCUT2D eigenvalue weighted by molar-refractivity contribution is -0.123. The molecule has 1 unspecified atom stereocenters. The number of hydrogen-bond acceptors (Lipinski definition) is 7. The topological polar surface area (TPSA) is 139 Å². The molecule has 3 amide bonds. The molecule has 142 valence electrons. The van der Waals surface area contributed by atoms with Crippen LogP contribution in [0.5, 0.6) is 5.75 Å². The zero-order chi connectivity index (χ0) is 19.4. The molecule has 11 heteroatoms. The Morgan fingerprint density at radius 1 is 1.48 bits per heavy atom. The smallest absolute Gasteiger partial charge is 0.535 e. The molecule has 0 spiro atoms. The summed E-state index contributed by atoms with van der Waals surface area (Å²) >= 11 is 1.17. The summed E-state index contributed by atoms with van der Waals surface area (Å²) in [5, 5.41) is 20.0. The average Bonchev–Trinajstić information content (AvgIpc) is 3.06. The lowest BCUT2D eigenvalue weighted by Gasteiger charge is -2.29. The largest absolute Gasteiger partial charge is 0.547 e. The van der Waals surface area contributed by atoms with Crippen LogP contribution >= 0.6 is 11.3 Å². The summed E-state index contributed by atoms with van der Waals surface area (Å²) in [6.45, 7) is 2.17. The number of carbonyl (C=O) groups is 2. The van der Waals surface area contributed by atoms with E-state index in [1.807, 2.05) is 18.2 Å². The first-order chi connectivity index (χ1) is 13.0. The Balaban J connectivity index is 1.75. The standard InChI is InChI=1S/C16H20BN5O4S/c1-2-19-16(24)22-13(10-8-27-15(18)20-10)14(23)21-12-7-9-5-3-4-6-11(9)26-17(12)25/h3-6,8,12-13,25H,2,7H2,1H3,(H2,18,20)(H,21,23)(H2,19,22,24)/t12-,13?/m0/s1. The van der Waals surface area contributed by atoms with Crippen LogP contribution < -0.4 is 26.3 Å². The third-order valence-corrected chi connectivity index (χ3v) is 4.73. The van der Waals surface area contributed by atoms with Gasteiger partial charge >= 0.3 is 13.1 Å². The molecule has 0 aliphatic carbocycles. The molecule has 0 saturated heterocycles. The van der Waals surface area contributed by atoms with Crippen LogP contribution in [-0.2, 0) is 11.2 Å². The molecule has 2 atom stereocenters. The van der Waals surface area contributed by atoms with E-state index in [1.165, 1.54) is 11.3 Å². The molecule has 0 radical (unpaired) electrons. The van der Waals surface area contributed by atoms with E-state index in [2.05, 4.69) is 20.9 Å². The second kappa shape index (κ2) is 8.27. The van der Waals surface area contributed by atoms with Crippen LogP contribution in [0.4, 0.5) is 9.93 Å². The normalized spacial score (nSPS) is 16.7. The van der Waals surface area contributed by atoms with Crippen LogP contribution in [0.3, 0.4) is 0 Å². The van der Waals surface area contributed by atoms with Gasteiger partial charge in [0.05, 0.1) is 11.6 Å². The molecule has 1 aliphatic rings. The Labute approximate surface area is 160 Å². The molecular weight excluding hydrogens is 369 g/mol. The van der Waals surface area contributed by atoms with Gasteiger partial charge < -0.3 is 31.4 Å². The number of anilines is 1. The Kier molecular flexibility index (Phi) is 5.82. The number of hydrogen-bond donors (Lipinski definition) is 5. The summed E-state index contributed by atoms with van der Waals surface area (Å²) in [7, 11) is -1.20. The summed E-state index contributed by atoms with van der Waals surface area (Å²) in [4.78, 5) is 28.8. The first-order valence-corrected chi connectivity index (χ1v) is 9.34. The number of nitrogen functional groups attached to an aromatic ring is 1. The molecule has 6 N–H and O–H groups in total. The van der Waals surface area contributed by atoms with E-state index in [0.717, 1.165) is 5.56 Å². The quantitative estimate of drug-likeness (QED) is 0.464. The van der Waals surface area contributed by atoms with Crippen LogP contribution in [0.25, 0.3) is 0 Å². The first-order valence-electron chi connectivity index (χ1n) is 8.46. The van der Waals surface area contributed by atoms with Gasteiger partial charge in [0.1, 0.15) is 5.75 Å². The van der Waals surface area contributed by atoms with E-state index in [4.69, 9.17) is 10.4 Å². The molecule has 2 aromatic rings. The second-order valence-electron chi connectivity index (χ2n) is 5.98. The van der Waals surface area contributed by atoms with Gasteiger partial charge in [0.15, 0.2) is 11.2 Å². The maximum Gasteiger partial charge on any atom is 0.547 e. The lowest BCUT2D eigenvalue weighted by Crippen LogP contribution is -2.55. The minimum absolute atomic E-state index is 0.287. The summed E-state index contributed by atoms with van der Waals surface area (Å²) < 4.78 is 5.46. The molecule has 1 aliphatic heterocycles. The fourth-order valence-corrected chi connectivity index (χ4v) is 3.36. The third kappa shape index (κ3) is 4.49. The molecule has 9 nitrogen and oxygen atoms in total. The number of para-hydroxylation sites is 1. The van der Waals surface area contributed by atoms with Crippen LogP contribution in [0.2, 0.25) is 0 Å². The SMILES string of the molecule is CCNC(=O)NC(C(=O)N[C@H]1Cc2ccccc2OB1O)c1csc(N)n1. The van der Waals surface area contributed by atoms with Crippen molar-refractivity contribution in [1.82, 2.24) is 20.9 Å². The summed E-state index contributed by atoms with van der Waals surface area (Å²) in [6.07, 6.45) is 0.399. The minimum atomic E-state index is -1.20. The minimum Gasteiger partial charge on any atom is -0.535 e. The van der Waals surface area contributed by atoms with Crippen LogP contribution in [0.1, 0.15) is 24.2 Å². The molecule has 27 heavy (non-hydrogen) atoms. The number of fused-ring (bicyclic) bond motifs is 1. The van der Waals surface area contributed by atoms with Crippen molar-refractivity contribution in [3.05, 3.63) is 40.9 Å². The summed E-state index contributed by atoms with van der Waals surface area (Å²) in [5.74, 6) is -0.597. The number of benzene rings is 1. The summed E-state index contributed by atoms with van der Waals surface area (Å²) in [6, 6.07) is 5.74. The highest BCUT2D eigenvalue weighted by atomic mass is 32.1. The van der Waals surface area contributed by atoms with Gasteiger partial charge in [-0.05, 0) is 25.0 Å². The Hall–Kier alpha value is -2.79. The van der Waals surface area contributed by atoms with Gasteiger partial charge in [0.25, 0.3) is 0 Å². The fourth-order valence-electron chi connectivity index (χ4n) is 2.78. The van der Waals surface area contributed by atoms with E-state index < -0.39 is 31.0 Å². The van der Waals surface area contributed by atoms with Gasteiger partial charge in [-0.3, -0.25) is 4.79 Å². The average molecular weight is 389 g/mol. The predicted molar refractivity (Wildman–Crippen MR) is 102 cm³/mol. The van der Waals surface area contributed by atoms with E-state index >= 15 is 0 Å². The van der Waals surface area contributed by atoms with Gasteiger partial charge in [-0.25, -0.2) is 9.78 Å².